The zero-order valence-electron chi connectivity index (χ0n) is 38.5. The first-order valence-electron chi connectivity index (χ1n) is 24.6. The summed E-state index contributed by atoms with van der Waals surface area (Å²) in [6.07, 6.45) is 0. The average Bonchev–Trinajstić information content (AvgIpc) is 3.81. The van der Waals surface area contributed by atoms with E-state index in [1.165, 1.54) is 136 Å². The van der Waals surface area contributed by atoms with Crippen LogP contribution in [0.3, 0.4) is 0 Å². The minimum atomic E-state index is 0.898. The van der Waals surface area contributed by atoms with Gasteiger partial charge in [0.25, 0.3) is 0 Å². The molecule has 16 aromatic rings. The maximum absolute atomic E-state index is 6.36. The molecule has 0 aliphatic carbocycles. The van der Waals surface area contributed by atoms with Gasteiger partial charge in [-0.2, -0.15) is 0 Å². The van der Waals surface area contributed by atoms with Gasteiger partial charge >= 0.3 is 0 Å². The molecule has 0 fully saturated rings. The van der Waals surface area contributed by atoms with Crippen molar-refractivity contribution < 1.29 is 4.42 Å². The highest BCUT2D eigenvalue weighted by Gasteiger charge is 2.21. The molecule has 15 aromatic carbocycles. The monoisotopic (exact) mass is 896 g/mol. The summed E-state index contributed by atoms with van der Waals surface area (Å²) in [7, 11) is 0. The minimum absolute atomic E-state index is 0.898. The standard InChI is InChI=1S/C70H40O/c1-2-10-41(11-3-1)51-17-8-19-53-60(51)37-49(39-62(53)55-31-26-46-24-22-42-12-6-14-44-28-33-58(55)69(46)67(42)44)50-38-61-52(48-30-35-66-64(36-48)57-16-4-5-21-65(57)71-66)18-9-20-54(61)63(40-50)56-32-27-47-25-23-43-13-7-15-45-29-34-59(56)70(47)68(43)45/h1-40H. The van der Waals surface area contributed by atoms with Crippen molar-refractivity contribution in [1.29, 1.82) is 0 Å². The highest BCUT2D eigenvalue weighted by Crippen LogP contribution is 2.48. The van der Waals surface area contributed by atoms with Gasteiger partial charge in [0, 0.05) is 10.8 Å². The fourth-order valence-corrected chi connectivity index (χ4v) is 12.5. The summed E-state index contributed by atoms with van der Waals surface area (Å²) in [4.78, 5) is 0. The van der Waals surface area contributed by atoms with Gasteiger partial charge in [0.15, 0.2) is 0 Å². The van der Waals surface area contributed by atoms with Gasteiger partial charge in [-0.1, -0.05) is 200 Å². The van der Waals surface area contributed by atoms with Crippen molar-refractivity contribution in [3.63, 3.8) is 0 Å². The van der Waals surface area contributed by atoms with E-state index >= 15 is 0 Å². The molecular formula is C70H40O. The molecule has 0 N–H and O–H groups in total. The van der Waals surface area contributed by atoms with E-state index in [1.54, 1.807) is 0 Å². The zero-order chi connectivity index (χ0) is 46.3. The van der Waals surface area contributed by atoms with Crippen molar-refractivity contribution in [3.05, 3.63) is 243 Å². The van der Waals surface area contributed by atoms with Crippen LogP contribution in [0.1, 0.15) is 0 Å². The molecule has 0 bridgehead atoms. The highest BCUT2D eigenvalue weighted by atomic mass is 16.3. The lowest BCUT2D eigenvalue weighted by atomic mass is 9.83. The molecule has 0 atom stereocenters. The normalized spacial score (nSPS) is 12.2. The summed E-state index contributed by atoms with van der Waals surface area (Å²) in [5.74, 6) is 0. The lowest BCUT2D eigenvalue weighted by molar-refractivity contribution is 0.669. The molecule has 0 unspecified atom stereocenters. The first kappa shape index (κ1) is 38.6. The maximum atomic E-state index is 6.36. The molecule has 0 amide bonds. The lowest BCUT2D eigenvalue weighted by Crippen LogP contribution is -1.93. The zero-order valence-corrected chi connectivity index (χ0v) is 38.5. The molecule has 71 heavy (non-hydrogen) atoms. The molecule has 0 aliphatic rings. The molecule has 1 heteroatoms. The Hall–Kier alpha value is -9.30. The number of rotatable bonds is 5. The van der Waals surface area contributed by atoms with Crippen molar-refractivity contribution in [3.8, 4) is 55.6 Å². The molecule has 0 saturated carbocycles. The van der Waals surface area contributed by atoms with E-state index in [0.29, 0.717) is 0 Å². The fourth-order valence-electron chi connectivity index (χ4n) is 12.5. The molecule has 1 heterocycles. The molecule has 1 nitrogen and oxygen atoms in total. The van der Waals surface area contributed by atoms with Crippen LogP contribution in [0.5, 0.6) is 0 Å². The summed E-state index contributed by atoms with van der Waals surface area (Å²) in [6.45, 7) is 0. The van der Waals surface area contributed by atoms with Crippen molar-refractivity contribution in [2.45, 2.75) is 0 Å². The SMILES string of the molecule is c1ccc(-c2cccc3c(-c4ccc5ccc6cccc7ccc4c5c67)cc(-c4cc(-c5ccc6ccc7cccc8ccc5c6c78)c5cccc(-c6ccc7oc8ccccc8c7c6)c5c4)cc23)cc1. The smallest absolute Gasteiger partial charge is 0.135 e. The van der Waals surface area contributed by atoms with Crippen LogP contribution in [0.15, 0.2) is 247 Å². The minimum Gasteiger partial charge on any atom is -0.456 e. The van der Waals surface area contributed by atoms with Crippen LogP contribution >= 0.6 is 0 Å². The third-order valence-corrected chi connectivity index (χ3v) is 15.7. The third-order valence-electron chi connectivity index (χ3n) is 15.7. The quantitative estimate of drug-likeness (QED) is 0.157. The van der Waals surface area contributed by atoms with E-state index in [1.807, 2.05) is 6.07 Å². The fraction of sp³-hybridized carbons (Fsp3) is 0. The van der Waals surface area contributed by atoms with Gasteiger partial charge in [0.05, 0.1) is 0 Å². The van der Waals surface area contributed by atoms with Gasteiger partial charge in [-0.15, -0.1) is 0 Å². The summed E-state index contributed by atoms with van der Waals surface area (Å²) >= 11 is 0. The Labute approximate surface area is 408 Å². The van der Waals surface area contributed by atoms with Gasteiger partial charge in [0.2, 0.25) is 0 Å². The molecule has 0 saturated heterocycles. The van der Waals surface area contributed by atoms with Crippen molar-refractivity contribution in [1.82, 2.24) is 0 Å². The number of fused-ring (bicyclic) bond motifs is 5. The second-order valence-corrected chi connectivity index (χ2v) is 19.5. The highest BCUT2D eigenvalue weighted by molar-refractivity contribution is 6.28. The van der Waals surface area contributed by atoms with E-state index in [4.69, 9.17) is 4.42 Å². The molecule has 16 rings (SSSR count). The average molecular weight is 897 g/mol. The number of hydrogen-bond donors (Lipinski definition) is 0. The Kier molecular flexibility index (Phi) is 7.95. The van der Waals surface area contributed by atoms with Crippen LogP contribution in [0.4, 0.5) is 0 Å². The van der Waals surface area contributed by atoms with E-state index in [2.05, 4.69) is 237 Å². The molecule has 1 aromatic heterocycles. The van der Waals surface area contributed by atoms with Crippen LogP contribution in [0.25, 0.3) is 164 Å². The van der Waals surface area contributed by atoms with Crippen molar-refractivity contribution >= 4 is 108 Å². The Bertz CT molecular complexity index is 4830. The Morgan fingerprint density at radius 1 is 0.183 bits per heavy atom. The summed E-state index contributed by atoms with van der Waals surface area (Å²) in [5, 5.41) is 22.6. The molecular weight excluding hydrogens is 857 g/mol. The van der Waals surface area contributed by atoms with Gasteiger partial charge in [-0.05, 0) is 184 Å². The van der Waals surface area contributed by atoms with Gasteiger partial charge in [-0.25, -0.2) is 0 Å². The lowest BCUT2D eigenvalue weighted by Gasteiger charge is -2.20. The summed E-state index contributed by atoms with van der Waals surface area (Å²) < 4.78 is 6.36. The van der Waals surface area contributed by atoms with Crippen LogP contribution in [0, 0.1) is 0 Å². The predicted octanol–water partition coefficient (Wildman–Crippen LogP) is 20.0. The molecule has 0 aliphatic heterocycles. The summed E-state index contributed by atoms with van der Waals surface area (Å²) in [5.41, 5.74) is 13.8. The second kappa shape index (κ2) is 14.6. The van der Waals surface area contributed by atoms with E-state index in [9.17, 15) is 0 Å². The topological polar surface area (TPSA) is 13.1 Å². The second-order valence-electron chi connectivity index (χ2n) is 19.5. The number of para-hydroxylation sites is 1. The van der Waals surface area contributed by atoms with Crippen LogP contribution in [-0.2, 0) is 0 Å². The first-order valence-corrected chi connectivity index (χ1v) is 24.6. The Morgan fingerprint density at radius 2 is 0.620 bits per heavy atom. The number of benzene rings is 15. The third kappa shape index (κ3) is 5.63. The van der Waals surface area contributed by atoms with E-state index in [-0.39, 0.29) is 0 Å². The van der Waals surface area contributed by atoms with Gasteiger partial charge in [-0.3, -0.25) is 0 Å². The summed E-state index contributed by atoms with van der Waals surface area (Å²) in [6, 6.07) is 90.7. The maximum Gasteiger partial charge on any atom is 0.135 e. The van der Waals surface area contributed by atoms with Crippen LogP contribution in [-0.4, -0.2) is 0 Å². The van der Waals surface area contributed by atoms with Crippen molar-refractivity contribution in [2.75, 3.05) is 0 Å². The van der Waals surface area contributed by atoms with Crippen LogP contribution < -0.4 is 0 Å². The molecule has 0 spiro atoms. The molecule has 326 valence electrons. The van der Waals surface area contributed by atoms with Crippen molar-refractivity contribution in [2.24, 2.45) is 0 Å². The predicted molar refractivity (Wildman–Crippen MR) is 303 cm³/mol. The number of furan rings is 1. The Balaban J connectivity index is 1.02. The van der Waals surface area contributed by atoms with Gasteiger partial charge < -0.3 is 4.42 Å². The number of hydrogen-bond acceptors (Lipinski definition) is 1. The van der Waals surface area contributed by atoms with E-state index in [0.717, 1.165) is 27.5 Å². The largest absolute Gasteiger partial charge is 0.456 e. The molecule has 0 radical (unpaired) electrons. The first-order chi connectivity index (χ1) is 35.2. The van der Waals surface area contributed by atoms with Gasteiger partial charge in [0.1, 0.15) is 11.2 Å². The Morgan fingerprint density at radius 3 is 1.20 bits per heavy atom. The van der Waals surface area contributed by atoms with E-state index < -0.39 is 0 Å². The van der Waals surface area contributed by atoms with Crippen LogP contribution in [0.2, 0.25) is 0 Å².